The molecule has 2 aliphatic heterocycles. The van der Waals surface area contributed by atoms with Crippen LogP contribution in [0.5, 0.6) is 5.75 Å². The van der Waals surface area contributed by atoms with Crippen molar-refractivity contribution < 1.29 is 9.13 Å². The van der Waals surface area contributed by atoms with Gasteiger partial charge in [0.25, 0.3) is 0 Å². The Morgan fingerprint density at radius 1 is 1.03 bits per heavy atom. The number of benzene rings is 1. The third-order valence-electron chi connectivity index (χ3n) is 5.40. The van der Waals surface area contributed by atoms with Crippen LogP contribution in [-0.2, 0) is 13.1 Å². The van der Waals surface area contributed by atoms with Crippen LogP contribution < -0.4 is 15.0 Å². The predicted molar refractivity (Wildman–Crippen MR) is 108 cm³/mol. The lowest BCUT2D eigenvalue weighted by Crippen LogP contribution is -2.42. The highest BCUT2D eigenvalue weighted by Crippen LogP contribution is 2.30. The number of nitrogens with zero attached hydrogens (tertiary/aromatic N) is 4. The van der Waals surface area contributed by atoms with Crippen LogP contribution in [0.3, 0.4) is 0 Å². The molecule has 1 atom stereocenters. The summed E-state index contributed by atoms with van der Waals surface area (Å²) in [6.45, 7) is 3.21. The molecule has 7 heteroatoms. The molecule has 0 radical (unpaired) electrons. The van der Waals surface area contributed by atoms with Crippen molar-refractivity contribution in [1.82, 2.24) is 20.3 Å². The molecular weight excluding hydrogens is 369 g/mol. The minimum atomic E-state index is -0.254. The molecule has 0 saturated carbocycles. The molecule has 1 fully saturated rings. The number of hydrogen-bond donors (Lipinski definition) is 1. The van der Waals surface area contributed by atoms with Crippen molar-refractivity contribution in [1.29, 1.82) is 0 Å². The first-order chi connectivity index (χ1) is 14.3. The summed E-state index contributed by atoms with van der Waals surface area (Å²) in [5, 5.41) is 3.39. The molecule has 2 aromatic heterocycles. The van der Waals surface area contributed by atoms with E-state index in [1.165, 1.54) is 17.7 Å². The molecule has 3 aromatic rings. The first kappa shape index (κ1) is 18.0. The highest BCUT2D eigenvalue weighted by molar-refractivity contribution is 5.61. The van der Waals surface area contributed by atoms with E-state index >= 15 is 0 Å². The highest BCUT2D eigenvalue weighted by atomic mass is 19.1. The molecule has 1 saturated heterocycles. The fourth-order valence-corrected chi connectivity index (χ4v) is 3.97. The molecule has 0 bridgehead atoms. The van der Waals surface area contributed by atoms with Crippen LogP contribution in [0.2, 0.25) is 0 Å². The smallest absolute Gasteiger partial charge is 0.161 e. The Morgan fingerprint density at radius 3 is 2.69 bits per heavy atom. The van der Waals surface area contributed by atoms with Gasteiger partial charge in [-0.3, -0.25) is 4.98 Å². The molecular formula is C22H22FN5O. The summed E-state index contributed by atoms with van der Waals surface area (Å²) in [5.74, 6) is 2.16. The summed E-state index contributed by atoms with van der Waals surface area (Å²) in [6, 6.07) is 10.1. The van der Waals surface area contributed by atoms with E-state index in [0.717, 1.165) is 61.9 Å². The normalized spacial score (nSPS) is 18.5. The van der Waals surface area contributed by atoms with E-state index in [1.54, 1.807) is 24.5 Å². The summed E-state index contributed by atoms with van der Waals surface area (Å²) in [7, 11) is 0. The molecule has 4 heterocycles. The largest absolute Gasteiger partial charge is 0.489 e. The fourth-order valence-electron chi connectivity index (χ4n) is 3.97. The summed E-state index contributed by atoms with van der Waals surface area (Å²) >= 11 is 0. The Morgan fingerprint density at radius 2 is 1.86 bits per heavy atom. The lowest BCUT2D eigenvalue weighted by atomic mass is 10.1. The molecule has 6 nitrogen and oxygen atoms in total. The third-order valence-corrected chi connectivity index (χ3v) is 5.40. The average Bonchev–Trinajstić information content (AvgIpc) is 3.24. The molecule has 1 N–H and O–H groups in total. The van der Waals surface area contributed by atoms with Gasteiger partial charge in [-0.05, 0) is 49.2 Å². The maximum absolute atomic E-state index is 13.2. The highest BCUT2D eigenvalue weighted by Gasteiger charge is 2.28. The van der Waals surface area contributed by atoms with Gasteiger partial charge in [-0.25, -0.2) is 14.4 Å². The number of fused-ring (bicyclic) bond motifs is 1. The molecule has 0 spiro atoms. The number of aromatic nitrogens is 3. The SMILES string of the molecule is Fc1ccc(O[C@H]2CCCN(c3nc(-c4ccncc4)nc4c3CNC4)C2)cc1. The zero-order chi connectivity index (χ0) is 19.6. The van der Waals surface area contributed by atoms with Crippen molar-refractivity contribution in [2.75, 3.05) is 18.0 Å². The molecule has 0 unspecified atom stereocenters. The number of pyridine rings is 1. The second-order valence-electron chi connectivity index (χ2n) is 7.42. The van der Waals surface area contributed by atoms with E-state index in [4.69, 9.17) is 14.7 Å². The summed E-state index contributed by atoms with van der Waals surface area (Å²) < 4.78 is 19.3. The van der Waals surface area contributed by atoms with E-state index in [2.05, 4.69) is 15.2 Å². The number of piperidine rings is 1. The van der Waals surface area contributed by atoms with Gasteiger partial charge in [0.15, 0.2) is 5.82 Å². The Kier molecular flexibility index (Phi) is 4.81. The van der Waals surface area contributed by atoms with Gasteiger partial charge in [0, 0.05) is 43.2 Å². The van der Waals surface area contributed by atoms with Crippen LogP contribution in [-0.4, -0.2) is 34.1 Å². The van der Waals surface area contributed by atoms with Crippen molar-refractivity contribution >= 4 is 5.82 Å². The van der Waals surface area contributed by atoms with E-state index in [0.29, 0.717) is 5.75 Å². The van der Waals surface area contributed by atoms with Crippen LogP contribution in [0.1, 0.15) is 24.1 Å². The van der Waals surface area contributed by atoms with Crippen molar-refractivity contribution in [3.8, 4) is 17.1 Å². The van der Waals surface area contributed by atoms with E-state index in [-0.39, 0.29) is 11.9 Å². The van der Waals surface area contributed by atoms with Gasteiger partial charge < -0.3 is 15.0 Å². The van der Waals surface area contributed by atoms with Gasteiger partial charge in [-0.2, -0.15) is 0 Å². The maximum atomic E-state index is 13.2. The van der Waals surface area contributed by atoms with Crippen molar-refractivity contribution in [2.24, 2.45) is 0 Å². The minimum Gasteiger partial charge on any atom is -0.489 e. The summed E-state index contributed by atoms with van der Waals surface area (Å²) in [6.07, 6.45) is 5.55. The lowest BCUT2D eigenvalue weighted by molar-refractivity contribution is 0.179. The Hall–Kier alpha value is -3.06. The number of nitrogens with one attached hydrogen (secondary N) is 1. The van der Waals surface area contributed by atoms with Crippen LogP contribution in [0.25, 0.3) is 11.4 Å². The van der Waals surface area contributed by atoms with Crippen molar-refractivity contribution in [2.45, 2.75) is 32.0 Å². The molecule has 0 aliphatic carbocycles. The predicted octanol–water partition coefficient (Wildman–Crippen LogP) is 3.33. The number of rotatable bonds is 4. The van der Waals surface area contributed by atoms with E-state index in [1.807, 2.05) is 12.1 Å². The fraction of sp³-hybridized carbons (Fsp3) is 0.318. The number of anilines is 1. The molecule has 2 aliphatic rings. The third kappa shape index (κ3) is 3.78. The van der Waals surface area contributed by atoms with Gasteiger partial charge in [-0.15, -0.1) is 0 Å². The van der Waals surface area contributed by atoms with Crippen molar-refractivity contribution in [3.05, 3.63) is 65.9 Å². The van der Waals surface area contributed by atoms with E-state index < -0.39 is 0 Å². The van der Waals surface area contributed by atoms with Crippen LogP contribution in [0.4, 0.5) is 10.2 Å². The standard InChI is InChI=1S/C22H22FN5O/c23-16-3-5-17(6-4-16)29-18-2-1-11-28(14-18)22-19-12-25-13-20(19)26-21(27-22)15-7-9-24-10-8-15/h3-10,18,25H,1-2,11-14H2/t18-/m0/s1. The average molecular weight is 391 g/mol. The second kappa shape index (κ2) is 7.75. The van der Waals surface area contributed by atoms with Gasteiger partial charge in [0.1, 0.15) is 23.5 Å². The van der Waals surface area contributed by atoms with Gasteiger partial charge in [-0.1, -0.05) is 0 Å². The lowest BCUT2D eigenvalue weighted by Gasteiger charge is -2.34. The molecule has 1 aromatic carbocycles. The first-order valence-electron chi connectivity index (χ1n) is 9.94. The van der Waals surface area contributed by atoms with Crippen LogP contribution >= 0.6 is 0 Å². The van der Waals surface area contributed by atoms with Crippen molar-refractivity contribution in [3.63, 3.8) is 0 Å². The number of ether oxygens (including phenoxy) is 1. The Labute approximate surface area is 168 Å². The zero-order valence-electron chi connectivity index (χ0n) is 16.0. The van der Waals surface area contributed by atoms with Gasteiger partial charge in [0.05, 0.1) is 12.2 Å². The number of hydrogen-bond acceptors (Lipinski definition) is 6. The molecule has 148 valence electrons. The first-order valence-corrected chi connectivity index (χ1v) is 9.94. The van der Waals surface area contributed by atoms with Crippen LogP contribution in [0.15, 0.2) is 48.8 Å². The second-order valence-corrected chi connectivity index (χ2v) is 7.42. The van der Waals surface area contributed by atoms with Crippen LogP contribution in [0, 0.1) is 5.82 Å². The number of halogens is 1. The van der Waals surface area contributed by atoms with Gasteiger partial charge in [0.2, 0.25) is 0 Å². The molecule has 0 amide bonds. The quantitative estimate of drug-likeness (QED) is 0.736. The Balaban J connectivity index is 1.42. The van der Waals surface area contributed by atoms with E-state index in [9.17, 15) is 4.39 Å². The summed E-state index contributed by atoms with van der Waals surface area (Å²) in [5.41, 5.74) is 3.20. The monoisotopic (exact) mass is 391 g/mol. The Bertz CT molecular complexity index is 996. The molecule has 5 rings (SSSR count). The minimum absolute atomic E-state index is 0.0403. The summed E-state index contributed by atoms with van der Waals surface area (Å²) in [4.78, 5) is 16.1. The van der Waals surface area contributed by atoms with Gasteiger partial charge >= 0.3 is 0 Å². The maximum Gasteiger partial charge on any atom is 0.161 e. The zero-order valence-corrected chi connectivity index (χ0v) is 16.0. The molecule has 29 heavy (non-hydrogen) atoms. The topological polar surface area (TPSA) is 63.2 Å².